The minimum absolute atomic E-state index is 0.177. The first-order chi connectivity index (χ1) is 10.0. The van der Waals surface area contributed by atoms with Crippen molar-refractivity contribution in [3.05, 3.63) is 16.1 Å². The van der Waals surface area contributed by atoms with Crippen LogP contribution in [0.5, 0.6) is 0 Å². The molecule has 0 atom stereocenters. The Morgan fingerprint density at radius 2 is 1.95 bits per heavy atom. The number of aromatic nitrogens is 1. The minimum Gasteiger partial charge on any atom is -0.314 e. The molecule has 3 rings (SSSR count). The van der Waals surface area contributed by atoms with Gasteiger partial charge in [0.05, 0.1) is 12.2 Å². The van der Waals surface area contributed by atoms with Gasteiger partial charge < -0.3 is 5.32 Å². The quantitative estimate of drug-likeness (QED) is 0.903. The van der Waals surface area contributed by atoms with Gasteiger partial charge in [-0.2, -0.15) is 0 Å². The highest BCUT2D eigenvalue weighted by Gasteiger charge is 2.25. The summed E-state index contributed by atoms with van der Waals surface area (Å²) < 4.78 is 0. The van der Waals surface area contributed by atoms with E-state index < -0.39 is 0 Å². The van der Waals surface area contributed by atoms with Gasteiger partial charge in [-0.05, 0) is 51.2 Å². The highest BCUT2D eigenvalue weighted by atomic mass is 32.1. The largest absolute Gasteiger partial charge is 0.314 e. The monoisotopic (exact) mass is 307 g/mol. The third-order valence-corrected chi connectivity index (χ3v) is 5.49. The predicted molar refractivity (Wildman–Crippen MR) is 89.8 cm³/mol. The molecule has 0 radical (unpaired) electrons. The van der Waals surface area contributed by atoms with Crippen LogP contribution >= 0.6 is 11.3 Å². The van der Waals surface area contributed by atoms with Crippen molar-refractivity contribution in [1.82, 2.24) is 15.2 Å². The number of thiazole rings is 1. The molecule has 1 saturated carbocycles. The van der Waals surface area contributed by atoms with Gasteiger partial charge in [-0.15, -0.1) is 11.3 Å². The number of piperidine rings is 1. The van der Waals surface area contributed by atoms with Gasteiger partial charge in [0, 0.05) is 16.8 Å². The molecular weight excluding hydrogens is 278 g/mol. The van der Waals surface area contributed by atoms with Gasteiger partial charge in [0.1, 0.15) is 5.01 Å². The maximum Gasteiger partial charge on any atom is 0.107 e. The molecule has 3 nitrogen and oxygen atoms in total. The topological polar surface area (TPSA) is 28.2 Å². The van der Waals surface area contributed by atoms with E-state index in [4.69, 9.17) is 4.98 Å². The zero-order valence-electron chi connectivity index (χ0n) is 13.7. The zero-order valence-corrected chi connectivity index (χ0v) is 14.5. The van der Waals surface area contributed by atoms with E-state index >= 15 is 0 Å². The van der Waals surface area contributed by atoms with Crippen molar-refractivity contribution in [3.63, 3.8) is 0 Å². The second-order valence-corrected chi connectivity index (χ2v) is 8.72. The summed E-state index contributed by atoms with van der Waals surface area (Å²) in [6.07, 6.45) is 5.49. The van der Waals surface area contributed by atoms with Crippen LogP contribution in [0.15, 0.2) is 5.38 Å². The molecule has 21 heavy (non-hydrogen) atoms. The summed E-state index contributed by atoms with van der Waals surface area (Å²) in [5.74, 6) is 0.892. The third-order valence-electron chi connectivity index (χ3n) is 4.66. The van der Waals surface area contributed by atoms with Crippen LogP contribution in [0.3, 0.4) is 0 Å². The first-order valence-corrected chi connectivity index (χ1v) is 9.29. The number of rotatable bonds is 5. The number of likely N-dealkylation sites (tertiary alicyclic amines) is 1. The summed E-state index contributed by atoms with van der Waals surface area (Å²) in [5, 5.41) is 7.21. The highest BCUT2D eigenvalue weighted by Crippen LogP contribution is 2.26. The molecule has 1 aliphatic heterocycles. The van der Waals surface area contributed by atoms with E-state index in [1.807, 2.05) is 11.3 Å². The molecule has 2 aliphatic rings. The normalized spacial score (nSPS) is 21.9. The first kappa shape index (κ1) is 15.4. The lowest BCUT2D eigenvalue weighted by Crippen LogP contribution is -2.37. The number of nitrogens with one attached hydrogen (secondary N) is 1. The van der Waals surface area contributed by atoms with Crippen LogP contribution in [0.2, 0.25) is 0 Å². The third kappa shape index (κ3) is 4.51. The molecule has 1 aromatic rings. The van der Waals surface area contributed by atoms with Crippen LogP contribution in [0.4, 0.5) is 0 Å². The average Bonchev–Trinajstić information content (AvgIpc) is 3.14. The molecule has 0 spiro atoms. The van der Waals surface area contributed by atoms with Crippen molar-refractivity contribution in [2.24, 2.45) is 5.92 Å². The van der Waals surface area contributed by atoms with Crippen molar-refractivity contribution in [1.29, 1.82) is 0 Å². The molecule has 1 aliphatic carbocycles. The fourth-order valence-electron chi connectivity index (χ4n) is 2.89. The van der Waals surface area contributed by atoms with Crippen molar-refractivity contribution in [2.45, 2.75) is 64.5 Å². The summed E-state index contributed by atoms with van der Waals surface area (Å²) >= 11 is 1.83. The minimum atomic E-state index is 0.177. The van der Waals surface area contributed by atoms with Crippen molar-refractivity contribution in [2.75, 3.05) is 19.6 Å². The fraction of sp³-hybridized carbons (Fsp3) is 0.824. The van der Waals surface area contributed by atoms with E-state index in [9.17, 15) is 0 Å². The summed E-state index contributed by atoms with van der Waals surface area (Å²) in [6.45, 7) is 11.5. The standard InChI is InChI=1S/C17H29N3S/c1-17(2,3)15-12-21-16(19-15)11-20-8-6-13(7-9-20)10-18-14-4-5-14/h12-14,18H,4-11H2,1-3H3. The molecular formula is C17H29N3S. The second kappa shape index (κ2) is 6.35. The lowest BCUT2D eigenvalue weighted by molar-refractivity contribution is 0.175. The zero-order chi connectivity index (χ0) is 14.9. The fourth-order valence-corrected chi connectivity index (χ4v) is 3.95. The number of nitrogens with zero attached hydrogens (tertiary/aromatic N) is 2. The maximum absolute atomic E-state index is 4.83. The Hall–Kier alpha value is -0.450. The summed E-state index contributed by atoms with van der Waals surface area (Å²) in [7, 11) is 0. The van der Waals surface area contributed by atoms with Gasteiger partial charge in [-0.3, -0.25) is 4.90 Å². The van der Waals surface area contributed by atoms with E-state index in [2.05, 4.69) is 36.4 Å². The average molecular weight is 308 g/mol. The van der Waals surface area contributed by atoms with Crippen LogP contribution in [0.1, 0.15) is 57.2 Å². The molecule has 2 fully saturated rings. The summed E-state index contributed by atoms with van der Waals surface area (Å²) in [4.78, 5) is 7.41. The maximum atomic E-state index is 4.83. The summed E-state index contributed by atoms with van der Waals surface area (Å²) in [5.41, 5.74) is 1.42. The molecule has 118 valence electrons. The lowest BCUT2D eigenvalue weighted by Gasteiger charge is -2.31. The second-order valence-electron chi connectivity index (χ2n) is 7.78. The molecule has 0 bridgehead atoms. The first-order valence-electron chi connectivity index (χ1n) is 8.41. The van der Waals surface area contributed by atoms with Crippen LogP contribution < -0.4 is 5.32 Å². The van der Waals surface area contributed by atoms with Gasteiger partial charge in [0.25, 0.3) is 0 Å². The molecule has 2 heterocycles. The van der Waals surface area contributed by atoms with E-state index in [0.29, 0.717) is 0 Å². The SMILES string of the molecule is CC(C)(C)c1csc(CN2CCC(CNC3CC3)CC2)n1. The van der Waals surface area contributed by atoms with Crippen LogP contribution in [-0.2, 0) is 12.0 Å². The number of hydrogen-bond donors (Lipinski definition) is 1. The van der Waals surface area contributed by atoms with E-state index in [1.165, 1.54) is 56.0 Å². The van der Waals surface area contributed by atoms with Crippen molar-refractivity contribution < 1.29 is 0 Å². The Bertz CT molecular complexity index is 451. The van der Waals surface area contributed by atoms with Gasteiger partial charge in [-0.1, -0.05) is 20.8 Å². The lowest BCUT2D eigenvalue weighted by atomic mass is 9.93. The van der Waals surface area contributed by atoms with Crippen molar-refractivity contribution >= 4 is 11.3 Å². The highest BCUT2D eigenvalue weighted by molar-refractivity contribution is 7.09. The van der Waals surface area contributed by atoms with E-state index in [-0.39, 0.29) is 5.41 Å². The molecule has 4 heteroatoms. The molecule has 1 saturated heterocycles. The van der Waals surface area contributed by atoms with Crippen LogP contribution in [0, 0.1) is 5.92 Å². The Morgan fingerprint density at radius 1 is 1.24 bits per heavy atom. The molecule has 0 unspecified atom stereocenters. The van der Waals surface area contributed by atoms with Gasteiger partial charge >= 0.3 is 0 Å². The summed E-state index contributed by atoms with van der Waals surface area (Å²) in [6, 6.07) is 0.856. The predicted octanol–water partition coefficient (Wildman–Crippen LogP) is 3.40. The molecule has 1 N–H and O–H groups in total. The Labute approximate surface area is 133 Å². The molecule has 1 aromatic heterocycles. The smallest absolute Gasteiger partial charge is 0.107 e. The Kier molecular flexibility index (Phi) is 4.67. The van der Waals surface area contributed by atoms with E-state index in [1.54, 1.807) is 0 Å². The Morgan fingerprint density at radius 3 is 2.52 bits per heavy atom. The van der Waals surface area contributed by atoms with Crippen LogP contribution in [0.25, 0.3) is 0 Å². The molecule has 0 aromatic carbocycles. The van der Waals surface area contributed by atoms with Crippen LogP contribution in [-0.4, -0.2) is 35.6 Å². The van der Waals surface area contributed by atoms with Gasteiger partial charge in [0.2, 0.25) is 0 Å². The van der Waals surface area contributed by atoms with E-state index in [0.717, 1.165) is 18.5 Å². The Balaban J connectivity index is 1.43. The van der Waals surface area contributed by atoms with Gasteiger partial charge in [0.15, 0.2) is 0 Å². The van der Waals surface area contributed by atoms with Crippen molar-refractivity contribution in [3.8, 4) is 0 Å². The number of hydrogen-bond acceptors (Lipinski definition) is 4. The molecule has 0 amide bonds. The van der Waals surface area contributed by atoms with Gasteiger partial charge in [-0.25, -0.2) is 4.98 Å².